The third kappa shape index (κ3) is 4.97. The van der Waals surface area contributed by atoms with E-state index in [0.717, 1.165) is 10.5 Å². The van der Waals surface area contributed by atoms with Crippen molar-refractivity contribution in [3.05, 3.63) is 53.6 Å². The van der Waals surface area contributed by atoms with E-state index in [1.54, 1.807) is 17.8 Å². The average Bonchev–Trinajstić information content (AvgIpc) is 2.79. The minimum atomic E-state index is -3.80. The number of amides is 1. The smallest absolute Gasteiger partial charge is 0.251 e. The maximum Gasteiger partial charge on any atom is 0.251 e. The molecule has 7 nitrogen and oxygen atoms in total. The van der Waals surface area contributed by atoms with Crippen LogP contribution >= 0.6 is 11.8 Å². The van der Waals surface area contributed by atoms with Crippen LogP contribution in [0.3, 0.4) is 0 Å². The van der Waals surface area contributed by atoms with Gasteiger partial charge < -0.3 is 14.8 Å². The molecule has 0 aromatic heterocycles. The lowest BCUT2D eigenvalue weighted by Gasteiger charge is -2.26. The molecular weight excluding hydrogens is 424 g/mol. The van der Waals surface area contributed by atoms with Crippen molar-refractivity contribution in [3.63, 3.8) is 0 Å². The highest BCUT2D eigenvalue weighted by molar-refractivity contribution is 7.98. The average molecular weight is 451 g/mol. The highest BCUT2D eigenvalue weighted by Gasteiger charge is 2.30. The minimum absolute atomic E-state index is 0.0171. The van der Waals surface area contributed by atoms with Crippen LogP contribution in [0, 0.1) is 0 Å². The van der Waals surface area contributed by atoms with Gasteiger partial charge in [0.1, 0.15) is 10.6 Å². The Bertz CT molecular complexity index is 987. The second kappa shape index (κ2) is 9.82. The van der Waals surface area contributed by atoms with E-state index in [4.69, 9.17) is 9.47 Å². The fraction of sp³-hybridized carbons (Fsp3) is 0.381. The van der Waals surface area contributed by atoms with Gasteiger partial charge in [-0.3, -0.25) is 4.79 Å². The van der Waals surface area contributed by atoms with Crippen LogP contribution in [0.1, 0.15) is 28.9 Å². The first kappa shape index (κ1) is 22.6. The zero-order chi connectivity index (χ0) is 21.7. The Balaban J connectivity index is 1.83. The Morgan fingerprint density at radius 3 is 2.43 bits per heavy atom. The summed E-state index contributed by atoms with van der Waals surface area (Å²) in [5, 5.41) is 2.93. The first-order valence-corrected chi connectivity index (χ1v) is 12.2. The molecule has 2 aromatic rings. The molecule has 0 spiro atoms. The molecule has 1 fully saturated rings. The van der Waals surface area contributed by atoms with E-state index in [2.05, 4.69) is 5.32 Å². The molecule has 1 amide bonds. The van der Waals surface area contributed by atoms with Gasteiger partial charge in [0, 0.05) is 23.5 Å². The van der Waals surface area contributed by atoms with E-state index in [-0.39, 0.29) is 41.2 Å². The molecule has 0 radical (unpaired) electrons. The van der Waals surface area contributed by atoms with Crippen molar-refractivity contribution >= 4 is 27.7 Å². The van der Waals surface area contributed by atoms with Crippen molar-refractivity contribution in [1.82, 2.24) is 9.62 Å². The van der Waals surface area contributed by atoms with Crippen molar-refractivity contribution in [2.75, 3.05) is 39.7 Å². The van der Waals surface area contributed by atoms with Crippen molar-refractivity contribution in [1.29, 1.82) is 0 Å². The number of nitrogens with one attached hydrogen (secondary N) is 1. The molecule has 2 aromatic carbocycles. The molecule has 162 valence electrons. The van der Waals surface area contributed by atoms with Crippen molar-refractivity contribution < 1.29 is 22.7 Å². The van der Waals surface area contributed by atoms with Crippen LogP contribution in [0.2, 0.25) is 0 Å². The molecule has 0 saturated carbocycles. The SMILES string of the molecule is COc1ccc(C(=O)N[C@@H](C)c2ccc(SC)cc2)cc1S(=O)(=O)N1CCOCC1. The summed E-state index contributed by atoms with van der Waals surface area (Å²) in [7, 11) is -2.39. The van der Waals surface area contributed by atoms with Gasteiger partial charge in [0.15, 0.2) is 0 Å². The summed E-state index contributed by atoms with van der Waals surface area (Å²) in [4.78, 5) is 13.9. The zero-order valence-corrected chi connectivity index (χ0v) is 18.9. The topological polar surface area (TPSA) is 84.9 Å². The van der Waals surface area contributed by atoms with E-state index >= 15 is 0 Å². The van der Waals surface area contributed by atoms with Crippen LogP contribution in [0.25, 0.3) is 0 Å². The van der Waals surface area contributed by atoms with Gasteiger partial charge in [0.25, 0.3) is 5.91 Å². The number of benzene rings is 2. The molecule has 1 saturated heterocycles. The van der Waals surface area contributed by atoms with E-state index in [1.807, 2.05) is 37.4 Å². The van der Waals surface area contributed by atoms with Crippen LogP contribution < -0.4 is 10.1 Å². The Hall–Kier alpha value is -2.07. The number of sulfonamides is 1. The number of rotatable bonds is 7. The van der Waals surface area contributed by atoms with Crippen LogP contribution in [-0.4, -0.2) is 58.3 Å². The van der Waals surface area contributed by atoms with Crippen molar-refractivity contribution in [2.45, 2.75) is 22.8 Å². The number of hydrogen-bond acceptors (Lipinski definition) is 6. The number of hydrogen-bond donors (Lipinski definition) is 1. The van der Waals surface area contributed by atoms with Gasteiger partial charge in [-0.25, -0.2) is 8.42 Å². The van der Waals surface area contributed by atoms with Crippen LogP contribution in [0.15, 0.2) is 52.3 Å². The molecular formula is C21H26N2O5S2. The third-order valence-electron chi connectivity index (χ3n) is 4.98. The fourth-order valence-corrected chi connectivity index (χ4v) is 5.20. The number of ether oxygens (including phenoxy) is 2. The standard InChI is InChI=1S/C21H26N2O5S2/c1-15(16-4-7-18(29-3)8-5-16)22-21(24)17-6-9-19(27-2)20(14-17)30(25,26)23-10-12-28-13-11-23/h4-9,14-15H,10-13H2,1-3H3,(H,22,24)/t15-/m0/s1. The highest BCUT2D eigenvalue weighted by Crippen LogP contribution is 2.29. The summed E-state index contributed by atoms with van der Waals surface area (Å²) in [5.74, 6) is -0.142. The molecule has 0 unspecified atom stereocenters. The van der Waals surface area contributed by atoms with E-state index in [1.165, 1.54) is 23.5 Å². The van der Waals surface area contributed by atoms with Crippen molar-refractivity contribution in [2.24, 2.45) is 0 Å². The summed E-state index contributed by atoms with van der Waals surface area (Å²) < 4.78 is 38.1. The number of methoxy groups -OCH3 is 1. The monoisotopic (exact) mass is 450 g/mol. The Morgan fingerprint density at radius 2 is 1.83 bits per heavy atom. The summed E-state index contributed by atoms with van der Waals surface area (Å²) in [5.41, 5.74) is 1.23. The fourth-order valence-electron chi connectivity index (χ4n) is 3.20. The largest absolute Gasteiger partial charge is 0.495 e. The number of morpholine rings is 1. The number of thioether (sulfide) groups is 1. The maximum atomic E-state index is 13.1. The van der Waals surface area contributed by atoms with Crippen LogP contribution in [0.5, 0.6) is 5.75 Å². The maximum absolute atomic E-state index is 13.1. The highest BCUT2D eigenvalue weighted by atomic mass is 32.2. The summed E-state index contributed by atoms with van der Waals surface area (Å²) in [6, 6.07) is 12.2. The lowest BCUT2D eigenvalue weighted by molar-refractivity contribution is 0.0729. The Kier molecular flexibility index (Phi) is 7.41. The first-order chi connectivity index (χ1) is 14.4. The van der Waals surface area contributed by atoms with Gasteiger partial charge in [-0.1, -0.05) is 12.1 Å². The lowest BCUT2D eigenvalue weighted by atomic mass is 10.1. The molecule has 1 aliphatic rings. The van der Waals surface area contributed by atoms with E-state index < -0.39 is 10.0 Å². The number of carbonyl (C=O) groups excluding carboxylic acids is 1. The van der Waals surface area contributed by atoms with Gasteiger partial charge >= 0.3 is 0 Å². The van der Waals surface area contributed by atoms with Gasteiger partial charge in [-0.05, 0) is 49.1 Å². The predicted octanol–water partition coefficient (Wildman–Crippen LogP) is 2.93. The normalized spacial score (nSPS) is 16.1. The van der Waals surface area contributed by atoms with Crippen molar-refractivity contribution in [3.8, 4) is 5.75 Å². The Morgan fingerprint density at radius 1 is 1.17 bits per heavy atom. The summed E-state index contributed by atoms with van der Waals surface area (Å²) in [6.07, 6.45) is 2.01. The van der Waals surface area contributed by atoms with Gasteiger partial charge in [0.2, 0.25) is 10.0 Å². The molecule has 0 bridgehead atoms. The molecule has 1 atom stereocenters. The van der Waals surface area contributed by atoms with Crippen LogP contribution in [-0.2, 0) is 14.8 Å². The molecule has 1 aliphatic heterocycles. The number of nitrogens with zero attached hydrogens (tertiary/aromatic N) is 1. The Labute approximate surface area is 181 Å². The van der Waals surface area contributed by atoms with Gasteiger partial charge in [-0.2, -0.15) is 4.31 Å². The molecule has 30 heavy (non-hydrogen) atoms. The molecule has 1 heterocycles. The van der Waals surface area contributed by atoms with E-state index in [0.29, 0.717) is 13.2 Å². The number of carbonyl (C=O) groups is 1. The minimum Gasteiger partial charge on any atom is -0.495 e. The first-order valence-electron chi connectivity index (χ1n) is 9.57. The van der Waals surface area contributed by atoms with Crippen LogP contribution in [0.4, 0.5) is 0 Å². The predicted molar refractivity (Wildman–Crippen MR) is 117 cm³/mol. The lowest BCUT2D eigenvalue weighted by Crippen LogP contribution is -2.40. The molecule has 0 aliphatic carbocycles. The third-order valence-corrected chi connectivity index (χ3v) is 7.64. The summed E-state index contributed by atoms with van der Waals surface area (Å²) in [6.45, 7) is 3.11. The quantitative estimate of drug-likeness (QED) is 0.653. The zero-order valence-electron chi connectivity index (χ0n) is 17.3. The second-order valence-corrected chi connectivity index (χ2v) is 9.64. The van der Waals surface area contributed by atoms with Gasteiger partial charge in [-0.15, -0.1) is 11.8 Å². The second-order valence-electron chi connectivity index (χ2n) is 6.85. The van der Waals surface area contributed by atoms with E-state index in [9.17, 15) is 13.2 Å². The molecule has 1 N–H and O–H groups in total. The molecule has 9 heteroatoms. The molecule has 3 rings (SSSR count). The van der Waals surface area contributed by atoms with Gasteiger partial charge in [0.05, 0.1) is 26.4 Å². The summed E-state index contributed by atoms with van der Waals surface area (Å²) >= 11 is 1.65.